The molecule has 0 aromatic carbocycles. The van der Waals surface area contributed by atoms with E-state index in [1.165, 1.54) is 32.1 Å². The van der Waals surface area contributed by atoms with Crippen molar-refractivity contribution in [2.75, 3.05) is 6.61 Å². The van der Waals surface area contributed by atoms with Crippen LogP contribution in [0.4, 0.5) is 0 Å². The maximum Gasteiger partial charge on any atom is 0.309 e. The molecule has 0 bridgehead atoms. The van der Waals surface area contributed by atoms with E-state index in [0.29, 0.717) is 6.10 Å². The zero-order valence-corrected chi connectivity index (χ0v) is 14.5. The topological polar surface area (TPSA) is 35.5 Å². The van der Waals surface area contributed by atoms with E-state index in [-0.39, 0.29) is 18.0 Å². The summed E-state index contributed by atoms with van der Waals surface area (Å²) in [6, 6.07) is 0. The molecule has 2 fully saturated rings. The van der Waals surface area contributed by atoms with Gasteiger partial charge in [-0.2, -0.15) is 0 Å². The fourth-order valence-electron chi connectivity index (χ4n) is 3.99. The molecule has 2 aliphatic rings. The molecule has 0 N–H and O–H groups in total. The van der Waals surface area contributed by atoms with Crippen LogP contribution in [0.1, 0.15) is 84.5 Å². The SMILES string of the molecule is CCCCC1CCC(C(=O)OC2CCC(OCC)CC2)CC1. The predicted molar refractivity (Wildman–Crippen MR) is 88.7 cm³/mol. The molecule has 0 aromatic heterocycles. The van der Waals surface area contributed by atoms with E-state index in [1.807, 2.05) is 6.92 Å². The van der Waals surface area contributed by atoms with E-state index in [2.05, 4.69) is 6.92 Å². The second-order valence-electron chi connectivity index (χ2n) is 7.15. The zero-order valence-electron chi connectivity index (χ0n) is 14.5. The van der Waals surface area contributed by atoms with Crippen LogP contribution in [0.15, 0.2) is 0 Å². The Morgan fingerprint density at radius 2 is 1.55 bits per heavy atom. The van der Waals surface area contributed by atoms with E-state index in [1.54, 1.807) is 0 Å². The molecule has 128 valence electrons. The van der Waals surface area contributed by atoms with Crippen LogP contribution >= 0.6 is 0 Å². The molecule has 2 aliphatic carbocycles. The highest BCUT2D eigenvalue weighted by Crippen LogP contribution is 2.33. The van der Waals surface area contributed by atoms with Crippen molar-refractivity contribution in [1.29, 1.82) is 0 Å². The van der Waals surface area contributed by atoms with Crippen molar-refractivity contribution in [3.05, 3.63) is 0 Å². The van der Waals surface area contributed by atoms with Gasteiger partial charge in [-0.3, -0.25) is 4.79 Å². The molecule has 2 saturated carbocycles. The Morgan fingerprint density at radius 1 is 0.909 bits per heavy atom. The molecular weight excluding hydrogens is 276 g/mol. The first-order valence-electron chi connectivity index (χ1n) is 9.55. The van der Waals surface area contributed by atoms with Gasteiger partial charge in [0.25, 0.3) is 0 Å². The largest absolute Gasteiger partial charge is 0.462 e. The lowest BCUT2D eigenvalue weighted by molar-refractivity contribution is -0.158. The van der Waals surface area contributed by atoms with Crippen molar-refractivity contribution < 1.29 is 14.3 Å². The Morgan fingerprint density at radius 3 is 2.14 bits per heavy atom. The van der Waals surface area contributed by atoms with E-state index >= 15 is 0 Å². The molecule has 3 nitrogen and oxygen atoms in total. The Bertz CT molecular complexity index is 313. The van der Waals surface area contributed by atoms with Gasteiger partial charge in [0.05, 0.1) is 12.0 Å². The van der Waals surface area contributed by atoms with Crippen molar-refractivity contribution in [2.45, 2.75) is 96.7 Å². The normalized spacial score (nSPS) is 32.6. The average Bonchev–Trinajstić information content (AvgIpc) is 2.55. The van der Waals surface area contributed by atoms with Crippen molar-refractivity contribution in [2.24, 2.45) is 11.8 Å². The van der Waals surface area contributed by atoms with Crippen molar-refractivity contribution in [3.8, 4) is 0 Å². The molecular formula is C19H34O3. The van der Waals surface area contributed by atoms with Gasteiger partial charge in [-0.05, 0) is 64.2 Å². The highest BCUT2D eigenvalue weighted by atomic mass is 16.5. The number of hydrogen-bond acceptors (Lipinski definition) is 3. The van der Waals surface area contributed by atoms with Crippen LogP contribution in [0.5, 0.6) is 0 Å². The van der Waals surface area contributed by atoms with Gasteiger partial charge in [0.2, 0.25) is 0 Å². The van der Waals surface area contributed by atoms with Gasteiger partial charge in [-0.15, -0.1) is 0 Å². The highest BCUT2D eigenvalue weighted by Gasteiger charge is 2.30. The van der Waals surface area contributed by atoms with Gasteiger partial charge in [0, 0.05) is 6.61 Å². The fourth-order valence-corrected chi connectivity index (χ4v) is 3.99. The number of unbranched alkanes of at least 4 members (excludes halogenated alkanes) is 1. The van der Waals surface area contributed by atoms with Gasteiger partial charge in [-0.1, -0.05) is 26.2 Å². The average molecular weight is 310 g/mol. The molecule has 0 aromatic rings. The smallest absolute Gasteiger partial charge is 0.309 e. The van der Waals surface area contributed by atoms with Crippen molar-refractivity contribution >= 4 is 5.97 Å². The predicted octanol–water partition coefficient (Wildman–Crippen LogP) is 4.87. The number of ether oxygens (including phenoxy) is 2. The molecule has 0 amide bonds. The first kappa shape index (κ1) is 17.8. The number of carbonyl (C=O) groups excluding carboxylic acids is 1. The number of carbonyl (C=O) groups is 1. The second-order valence-corrected chi connectivity index (χ2v) is 7.15. The van der Waals surface area contributed by atoms with Crippen LogP contribution in [-0.4, -0.2) is 24.8 Å². The molecule has 3 heteroatoms. The Hall–Kier alpha value is -0.570. The fraction of sp³-hybridized carbons (Fsp3) is 0.947. The van der Waals surface area contributed by atoms with E-state index in [0.717, 1.165) is 51.0 Å². The first-order chi connectivity index (χ1) is 10.7. The minimum absolute atomic E-state index is 0.0776. The number of esters is 1. The lowest BCUT2D eigenvalue weighted by Crippen LogP contribution is -2.31. The highest BCUT2D eigenvalue weighted by molar-refractivity contribution is 5.72. The molecule has 2 rings (SSSR count). The van der Waals surface area contributed by atoms with Crippen LogP contribution in [0, 0.1) is 11.8 Å². The van der Waals surface area contributed by atoms with Crippen LogP contribution in [0.25, 0.3) is 0 Å². The summed E-state index contributed by atoms with van der Waals surface area (Å²) in [6.45, 7) is 5.09. The minimum Gasteiger partial charge on any atom is -0.462 e. The van der Waals surface area contributed by atoms with Crippen LogP contribution in [0.2, 0.25) is 0 Å². The van der Waals surface area contributed by atoms with Gasteiger partial charge >= 0.3 is 5.97 Å². The molecule has 0 unspecified atom stereocenters. The summed E-state index contributed by atoms with van der Waals surface area (Å²) in [5.74, 6) is 1.10. The van der Waals surface area contributed by atoms with E-state index in [9.17, 15) is 4.79 Å². The van der Waals surface area contributed by atoms with Crippen molar-refractivity contribution in [3.63, 3.8) is 0 Å². The quantitative estimate of drug-likeness (QED) is 0.629. The summed E-state index contributed by atoms with van der Waals surface area (Å²) in [7, 11) is 0. The molecule has 0 aliphatic heterocycles. The molecule has 0 atom stereocenters. The van der Waals surface area contributed by atoms with Gasteiger partial charge in [-0.25, -0.2) is 0 Å². The maximum absolute atomic E-state index is 12.3. The third kappa shape index (κ3) is 5.57. The summed E-state index contributed by atoms with van der Waals surface area (Å²) in [4.78, 5) is 12.3. The zero-order chi connectivity index (χ0) is 15.8. The number of hydrogen-bond donors (Lipinski definition) is 0. The van der Waals surface area contributed by atoms with Crippen LogP contribution < -0.4 is 0 Å². The monoisotopic (exact) mass is 310 g/mol. The second kappa shape index (κ2) is 9.54. The Balaban J connectivity index is 1.64. The lowest BCUT2D eigenvalue weighted by Gasteiger charge is -2.31. The summed E-state index contributed by atoms with van der Waals surface area (Å²) in [5.41, 5.74) is 0. The Kier molecular flexibility index (Phi) is 7.71. The van der Waals surface area contributed by atoms with E-state index in [4.69, 9.17) is 9.47 Å². The van der Waals surface area contributed by atoms with Crippen LogP contribution in [0.3, 0.4) is 0 Å². The lowest BCUT2D eigenvalue weighted by atomic mass is 9.80. The van der Waals surface area contributed by atoms with Gasteiger partial charge in [0.1, 0.15) is 6.10 Å². The molecule has 0 heterocycles. The Labute approximate surface area is 136 Å². The van der Waals surface area contributed by atoms with Crippen LogP contribution in [-0.2, 0) is 14.3 Å². The summed E-state index contributed by atoms with van der Waals surface area (Å²) in [5, 5.41) is 0. The summed E-state index contributed by atoms with van der Waals surface area (Å²) in [6.07, 6.45) is 13.0. The van der Waals surface area contributed by atoms with E-state index < -0.39 is 0 Å². The molecule has 0 saturated heterocycles. The molecule has 0 spiro atoms. The standard InChI is InChI=1S/C19H34O3/c1-3-5-6-15-7-9-16(10-8-15)19(20)22-18-13-11-17(12-14-18)21-4-2/h15-18H,3-14H2,1-2H3. The summed E-state index contributed by atoms with van der Waals surface area (Å²) < 4.78 is 11.4. The number of rotatable bonds is 7. The van der Waals surface area contributed by atoms with Gasteiger partial charge in [0.15, 0.2) is 0 Å². The van der Waals surface area contributed by atoms with Gasteiger partial charge < -0.3 is 9.47 Å². The maximum atomic E-state index is 12.3. The minimum atomic E-state index is 0.0776. The third-order valence-corrected chi connectivity index (χ3v) is 5.45. The summed E-state index contributed by atoms with van der Waals surface area (Å²) >= 11 is 0. The third-order valence-electron chi connectivity index (χ3n) is 5.45. The first-order valence-corrected chi connectivity index (χ1v) is 9.55. The van der Waals surface area contributed by atoms with Crippen molar-refractivity contribution in [1.82, 2.24) is 0 Å². The molecule has 22 heavy (non-hydrogen) atoms. The molecule has 0 radical (unpaired) electrons.